The molecule has 0 aliphatic carbocycles. The molecule has 1 unspecified atom stereocenters. The van der Waals surface area contributed by atoms with Crippen LogP contribution in [0.5, 0.6) is 0 Å². The first-order valence-electron chi connectivity index (χ1n) is 7.70. The number of likely N-dealkylation sites (tertiary alicyclic amines) is 1. The fourth-order valence-electron chi connectivity index (χ4n) is 2.77. The van der Waals surface area contributed by atoms with E-state index < -0.39 is 0 Å². The van der Waals surface area contributed by atoms with Gasteiger partial charge in [-0.2, -0.15) is 0 Å². The van der Waals surface area contributed by atoms with Crippen LogP contribution < -0.4 is 5.32 Å². The molecular formula is C15H20N6OS. The summed E-state index contributed by atoms with van der Waals surface area (Å²) in [5, 5.41) is 11.6. The Morgan fingerprint density at radius 1 is 1.43 bits per heavy atom. The van der Waals surface area contributed by atoms with Crippen molar-refractivity contribution in [3.05, 3.63) is 23.1 Å². The molecule has 0 spiro atoms. The molecule has 0 radical (unpaired) electrons. The molecule has 1 saturated heterocycles. The molecule has 1 fully saturated rings. The maximum Gasteiger partial charge on any atom is 0.225 e. The molecule has 1 aliphatic heterocycles. The third kappa shape index (κ3) is 3.64. The molecule has 8 heteroatoms. The molecule has 2 aromatic heterocycles. The van der Waals surface area contributed by atoms with E-state index >= 15 is 0 Å². The Morgan fingerprint density at radius 2 is 2.26 bits per heavy atom. The maximum absolute atomic E-state index is 12.1. The number of carbonyl (C=O) groups excluding carboxylic acids is 1. The zero-order valence-corrected chi connectivity index (χ0v) is 14.3. The molecule has 1 atom stereocenters. The van der Waals surface area contributed by atoms with Crippen LogP contribution in [-0.2, 0) is 4.79 Å². The van der Waals surface area contributed by atoms with Gasteiger partial charge >= 0.3 is 0 Å². The molecule has 23 heavy (non-hydrogen) atoms. The Labute approximate surface area is 139 Å². The Hall–Kier alpha value is -2.09. The zero-order valence-electron chi connectivity index (χ0n) is 13.5. The lowest BCUT2D eigenvalue weighted by molar-refractivity contribution is -0.133. The number of hydrogen-bond acceptors (Lipinski definition) is 7. The van der Waals surface area contributed by atoms with Crippen LogP contribution in [0.4, 0.5) is 10.9 Å². The van der Waals surface area contributed by atoms with E-state index in [1.165, 1.54) is 11.3 Å². The van der Waals surface area contributed by atoms with E-state index in [-0.39, 0.29) is 17.7 Å². The molecule has 3 rings (SSSR count). The molecule has 2 aromatic rings. The number of aromatic nitrogens is 4. The van der Waals surface area contributed by atoms with Crippen molar-refractivity contribution in [1.29, 1.82) is 0 Å². The highest BCUT2D eigenvalue weighted by molar-refractivity contribution is 7.13. The average Bonchev–Trinajstić information content (AvgIpc) is 3.16. The van der Waals surface area contributed by atoms with Gasteiger partial charge in [-0.15, -0.1) is 10.2 Å². The van der Waals surface area contributed by atoms with Gasteiger partial charge in [-0.1, -0.05) is 25.2 Å². The van der Waals surface area contributed by atoms with Gasteiger partial charge in [0.05, 0.1) is 5.69 Å². The number of aryl methyl sites for hydroxylation is 1. The van der Waals surface area contributed by atoms with Gasteiger partial charge < -0.3 is 10.2 Å². The molecule has 0 aromatic carbocycles. The highest BCUT2D eigenvalue weighted by atomic mass is 32.1. The van der Waals surface area contributed by atoms with Crippen molar-refractivity contribution in [2.75, 3.05) is 18.4 Å². The summed E-state index contributed by atoms with van der Waals surface area (Å²) in [5.41, 5.74) is 2.65. The van der Waals surface area contributed by atoms with Gasteiger partial charge in [0.2, 0.25) is 11.0 Å². The maximum atomic E-state index is 12.1. The molecule has 3 heterocycles. The second-order valence-corrected chi connectivity index (χ2v) is 6.85. The van der Waals surface area contributed by atoms with Crippen molar-refractivity contribution in [2.24, 2.45) is 5.92 Å². The predicted octanol–water partition coefficient (Wildman–Crippen LogP) is 2.35. The van der Waals surface area contributed by atoms with Gasteiger partial charge in [-0.3, -0.25) is 4.79 Å². The first kappa shape index (κ1) is 15.8. The lowest BCUT2D eigenvalue weighted by atomic mass is 10.0. The standard InChI is InChI=1S/C15H20N6OS/c1-9(2)14(22)21-5-4-11(7-21)12-6-13(18-10(3)17-12)19-15-20-16-8-23-15/h6,8-9,11H,4-5,7H2,1-3H3,(H,17,18,19,20). The van der Waals surface area contributed by atoms with Gasteiger partial charge in [0.1, 0.15) is 17.2 Å². The van der Waals surface area contributed by atoms with E-state index in [0.29, 0.717) is 11.0 Å². The highest BCUT2D eigenvalue weighted by Crippen LogP contribution is 2.28. The summed E-state index contributed by atoms with van der Waals surface area (Å²) < 4.78 is 0. The number of carbonyl (C=O) groups is 1. The minimum atomic E-state index is 0.0375. The van der Waals surface area contributed by atoms with Crippen LogP contribution in [0.15, 0.2) is 11.6 Å². The van der Waals surface area contributed by atoms with Crippen molar-refractivity contribution in [1.82, 2.24) is 25.1 Å². The van der Waals surface area contributed by atoms with E-state index in [1.807, 2.05) is 31.7 Å². The fourth-order valence-corrected chi connectivity index (χ4v) is 3.22. The highest BCUT2D eigenvalue weighted by Gasteiger charge is 2.29. The number of nitrogens with one attached hydrogen (secondary N) is 1. The Bertz CT molecular complexity index is 687. The van der Waals surface area contributed by atoms with Gasteiger partial charge in [0.15, 0.2) is 0 Å². The second kappa shape index (κ2) is 6.57. The fraction of sp³-hybridized carbons (Fsp3) is 0.533. The summed E-state index contributed by atoms with van der Waals surface area (Å²) in [7, 11) is 0. The molecular weight excluding hydrogens is 312 g/mol. The monoisotopic (exact) mass is 332 g/mol. The third-order valence-electron chi connectivity index (χ3n) is 3.86. The first-order valence-corrected chi connectivity index (χ1v) is 8.58. The third-order valence-corrected chi connectivity index (χ3v) is 4.47. The SMILES string of the molecule is Cc1nc(Nc2nncs2)cc(C2CCN(C(=O)C(C)C)C2)n1. The average molecular weight is 332 g/mol. The molecule has 1 amide bonds. The number of nitrogens with zero attached hydrogens (tertiary/aromatic N) is 5. The van der Waals surface area contributed by atoms with Crippen LogP contribution in [-0.4, -0.2) is 44.1 Å². The number of rotatable bonds is 4. The van der Waals surface area contributed by atoms with E-state index in [1.54, 1.807) is 5.51 Å². The topological polar surface area (TPSA) is 83.9 Å². The van der Waals surface area contributed by atoms with Crippen molar-refractivity contribution >= 4 is 28.2 Å². The van der Waals surface area contributed by atoms with Gasteiger partial charge in [0, 0.05) is 31.0 Å². The molecule has 7 nitrogen and oxygen atoms in total. The summed E-state index contributed by atoms with van der Waals surface area (Å²) in [6, 6.07) is 1.95. The first-order chi connectivity index (χ1) is 11.0. The van der Waals surface area contributed by atoms with Gasteiger partial charge in [0.25, 0.3) is 0 Å². The second-order valence-electron chi connectivity index (χ2n) is 6.02. The largest absolute Gasteiger partial charge is 0.342 e. The Morgan fingerprint density at radius 3 is 2.96 bits per heavy atom. The summed E-state index contributed by atoms with van der Waals surface area (Å²) in [6.07, 6.45) is 0.938. The zero-order chi connectivity index (χ0) is 16.4. The van der Waals surface area contributed by atoms with E-state index in [9.17, 15) is 4.79 Å². The quantitative estimate of drug-likeness (QED) is 0.925. The summed E-state index contributed by atoms with van der Waals surface area (Å²) in [6.45, 7) is 7.28. The lowest BCUT2D eigenvalue weighted by Crippen LogP contribution is -2.32. The number of hydrogen-bond donors (Lipinski definition) is 1. The molecule has 122 valence electrons. The van der Waals surface area contributed by atoms with E-state index in [0.717, 1.165) is 31.0 Å². The summed E-state index contributed by atoms with van der Waals surface area (Å²) in [4.78, 5) is 23.0. The molecule has 1 N–H and O–H groups in total. The summed E-state index contributed by atoms with van der Waals surface area (Å²) >= 11 is 1.42. The van der Waals surface area contributed by atoms with E-state index in [4.69, 9.17) is 0 Å². The smallest absolute Gasteiger partial charge is 0.225 e. The molecule has 0 saturated carbocycles. The molecule has 0 bridgehead atoms. The normalized spacial score (nSPS) is 17.7. The van der Waals surface area contributed by atoms with Crippen molar-refractivity contribution in [3.8, 4) is 0 Å². The minimum Gasteiger partial charge on any atom is -0.342 e. The molecule has 1 aliphatic rings. The van der Waals surface area contributed by atoms with Gasteiger partial charge in [-0.05, 0) is 13.3 Å². The Kier molecular flexibility index (Phi) is 4.51. The van der Waals surface area contributed by atoms with Gasteiger partial charge in [-0.25, -0.2) is 9.97 Å². The van der Waals surface area contributed by atoms with Crippen LogP contribution in [0, 0.1) is 12.8 Å². The van der Waals surface area contributed by atoms with Crippen molar-refractivity contribution in [3.63, 3.8) is 0 Å². The summed E-state index contributed by atoms with van der Waals surface area (Å²) in [5.74, 6) is 1.94. The van der Waals surface area contributed by atoms with Crippen LogP contribution >= 0.6 is 11.3 Å². The van der Waals surface area contributed by atoms with Crippen LogP contribution in [0.1, 0.15) is 37.7 Å². The van der Waals surface area contributed by atoms with Crippen LogP contribution in [0.25, 0.3) is 0 Å². The van der Waals surface area contributed by atoms with E-state index in [2.05, 4.69) is 25.5 Å². The number of amides is 1. The van der Waals surface area contributed by atoms with Crippen LogP contribution in [0.3, 0.4) is 0 Å². The predicted molar refractivity (Wildman–Crippen MR) is 88.7 cm³/mol. The Balaban J connectivity index is 1.75. The van der Waals surface area contributed by atoms with Crippen LogP contribution in [0.2, 0.25) is 0 Å². The number of anilines is 2. The minimum absolute atomic E-state index is 0.0375. The lowest BCUT2D eigenvalue weighted by Gasteiger charge is -2.18. The van der Waals surface area contributed by atoms with Crippen molar-refractivity contribution in [2.45, 2.75) is 33.1 Å². The van der Waals surface area contributed by atoms with Crippen molar-refractivity contribution < 1.29 is 4.79 Å².